The van der Waals surface area contributed by atoms with Gasteiger partial charge in [-0.15, -0.1) is 11.3 Å². The minimum Gasteiger partial charge on any atom is -0.481 e. The third-order valence-corrected chi connectivity index (χ3v) is 7.09. The lowest BCUT2D eigenvalue weighted by atomic mass is 9.96. The average molecular weight is 573 g/mol. The molecule has 0 aliphatic carbocycles. The molecule has 3 rings (SSSR count). The number of carboxylic acids is 3. The van der Waals surface area contributed by atoms with Crippen LogP contribution in [0, 0.1) is 18.6 Å². The molecule has 1 aliphatic heterocycles. The molecule has 0 bridgehead atoms. The second-order valence-corrected chi connectivity index (χ2v) is 10.3. The van der Waals surface area contributed by atoms with E-state index in [1.807, 2.05) is 0 Å². The number of carbonyl (C=O) groups is 3. The monoisotopic (exact) mass is 572 g/mol. The van der Waals surface area contributed by atoms with Crippen LogP contribution in [0.2, 0.25) is 0 Å². The van der Waals surface area contributed by atoms with Gasteiger partial charge in [-0.2, -0.15) is 0 Å². The Hall–Kier alpha value is -2.97. The highest BCUT2D eigenvalue weighted by atomic mass is 32.1. The second-order valence-electron chi connectivity index (χ2n) is 9.26. The highest BCUT2D eigenvalue weighted by Crippen LogP contribution is 2.21. The van der Waals surface area contributed by atoms with E-state index in [1.165, 1.54) is 16.5 Å². The van der Waals surface area contributed by atoms with Crippen molar-refractivity contribution in [2.24, 2.45) is 0 Å². The van der Waals surface area contributed by atoms with Crippen LogP contribution in [-0.4, -0.2) is 93.1 Å². The Labute approximate surface area is 229 Å². The molecule has 0 unspecified atom stereocenters. The molecule has 0 radical (unpaired) electrons. The number of aliphatic carboxylic acids is 3. The topological polar surface area (TPSA) is 148 Å². The van der Waals surface area contributed by atoms with Crippen molar-refractivity contribution in [2.75, 3.05) is 39.4 Å². The van der Waals surface area contributed by atoms with Crippen LogP contribution in [-0.2, 0) is 32.2 Å². The number of carboxylic acid groups (broad SMARTS) is 3. The van der Waals surface area contributed by atoms with Crippen LogP contribution in [0.25, 0.3) is 0 Å². The summed E-state index contributed by atoms with van der Waals surface area (Å²) in [4.78, 5) is 36.5. The number of rotatable bonds is 13. The van der Waals surface area contributed by atoms with Crippen molar-refractivity contribution in [2.45, 2.75) is 44.9 Å². The molecule has 0 saturated carbocycles. The number of nitrogens with zero attached hydrogens (tertiary/aromatic N) is 2. The molecule has 0 atom stereocenters. The molecule has 1 aliphatic rings. The van der Waals surface area contributed by atoms with Crippen LogP contribution in [0.15, 0.2) is 29.6 Å². The molecule has 1 aromatic carbocycles. The van der Waals surface area contributed by atoms with Crippen molar-refractivity contribution in [3.8, 4) is 0 Å². The van der Waals surface area contributed by atoms with Gasteiger partial charge in [-0.05, 0) is 43.0 Å². The Balaban J connectivity index is 0.000000349. The normalized spacial score (nSPS) is 14.1. The van der Waals surface area contributed by atoms with E-state index in [4.69, 9.17) is 25.2 Å². The van der Waals surface area contributed by atoms with E-state index >= 15 is 0 Å². The van der Waals surface area contributed by atoms with E-state index in [0.717, 1.165) is 58.4 Å². The van der Waals surface area contributed by atoms with Crippen molar-refractivity contribution < 1.29 is 48.3 Å². The molecule has 216 valence electrons. The maximum atomic E-state index is 14.1. The fourth-order valence-corrected chi connectivity index (χ4v) is 4.88. The fraction of sp³-hybridized carbons (Fsp3) is 0.500. The number of benzene rings is 1. The van der Waals surface area contributed by atoms with Crippen molar-refractivity contribution in [1.29, 1.82) is 0 Å². The first-order valence-corrected chi connectivity index (χ1v) is 13.2. The Kier molecular flexibility index (Phi) is 12.9. The summed E-state index contributed by atoms with van der Waals surface area (Å²) in [5.74, 6) is -6.01. The third kappa shape index (κ3) is 11.3. The Morgan fingerprint density at radius 2 is 1.69 bits per heavy atom. The minimum atomic E-state index is -2.74. The zero-order valence-electron chi connectivity index (χ0n) is 21.6. The van der Waals surface area contributed by atoms with Crippen molar-refractivity contribution in [3.05, 3.63) is 57.3 Å². The predicted molar refractivity (Wildman–Crippen MR) is 138 cm³/mol. The maximum absolute atomic E-state index is 14.1. The number of aryl methyl sites for hydroxylation is 1. The second kappa shape index (κ2) is 15.6. The van der Waals surface area contributed by atoms with Gasteiger partial charge < -0.3 is 25.2 Å². The van der Waals surface area contributed by atoms with Crippen LogP contribution in [0.1, 0.15) is 35.3 Å². The van der Waals surface area contributed by atoms with Gasteiger partial charge in [0, 0.05) is 49.2 Å². The average Bonchev–Trinajstić information content (AvgIpc) is 3.25. The SMILES string of the molecule is Cc1ccsc1CN(CCCN1CCOCC1)Cc1ccc(F)cc1F.O=C(O)CC(O)(CC(=O)O)C(=O)O. The molecule has 0 spiro atoms. The quantitative estimate of drug-likeness (QED) is 0.282. The van der Waals surface area contributed by atoms with E-state index in [1.54, 1.807) is 17.4 Å². The van der Waals surface area contributed by atoms with Crippen LogP contribution in [0.3, 0.4) is 0 Å². The number of hydrogen-bond acceptors (Lipinski definition) is 8. The molecule has 4 N–H and O–H groups in total. The molecule has 39 heavy (non-hydrogen) atoms. The summed E-state index contributed by atoms with van der Waals surface area (Å²) in [6.07, 6.45) is -1.27. The number of halogens is 2. The number of thiophene rings is 1. The number of aliphatic hydroxyl groups is 1. The van der Waals surface area contributed by atoms with Crippen molar-refractivity contribution in [1.82, 2.24) is 9.80 Å². The van der Waals surface area contributed by atoms with Crippen LogP contribution in [0.5, 0.6) is 0 Å². The summed E-state index contributed by atoms with van der Waals surface area (Å²) in [6.45, 7) is 8.87. The summed E-state index contributed by atoms with van der Waals surface area (Å²) in [6, 6.07) is 5.98. The Morgan fingerprint density at radius 1 is 1.05 bits per heavy atom. The summed E-state index contributed by atoms with van der Waals surface area (Å²) in [7, 11) is 0. The maximum Gasteiger partial charge on any atom is 0.336 e. The van der Waals surface area contributed by atoms with Crippen molar-refractivity contribution >= 4 is 29.2 Å². The Bertz CT molecular complexity index is 1090. The van der Waals surface area contributed by atoms with Gasteiger partial charge in [-0.25, -0.2) is 13.6 Å². The smallest absolute Gasteiger partial charge is 0.336 e. The van der Waals surface area contributed by atoms with Gasteiger partial charge in [0.2, 0.25) is 0 Å². The van der Waals surface area contributed by atoms with Gasteiger partial charge in [0.05, 0.1) is 26.1 Å². The molecule has 0 amide bonds. The van der Waals surface area contributed by atoms with Gasteiger partial charge in [0.25, 0.3) is 0 Å². The number of hydrogen-bond donors (Lipinski definition) is 4. The van der Waals surface area contributed by atoms with Crippen LogP contribution < -0.4 is 0 Å². The van der Waals surface area contributed by atoms with Crippen molar-refractivity contribution in [3.63, 3.8) is 0 Å². The van der Waals surface area contributed by atoms with E-state index in [0.29, 0.717) is 12.1 Å². The summed E-state index contributed by atoms with van der Waals surface area (Å²) < 4.78 is 32.7. The van der Waals surface area contributed by atoms with E-state index in [9.17, 15) is 23.2 Å². The highest BCUT2D eigenvalue weighted by molar-refractivity contribution is 7.10. The number of ether oxygens (including phenoxy) is 1. The van der Waals surface area contributed by atoms with Gasteiger partial charge in [-0.1, -0.05) is 6.07 Å². The zero-order valence-corrected chi connectivity index (χ0v) is 22.5. The Morgan fingerprint density at radius 3 is 2.21 bits per heavy atom. The van der Waals surface area contributed by atoms with E-state index < -0.39 is 48.0 Å². The number of morpholine rings is 1. The van der Waals surface area contributed by atoms with E-state index in [-0.39, 0.29) is 0 Å². The van der Waals surface area contributed by atoms with Crippen LogP contribution in [0.4, 0.5) is 8.78 Å². The molecule has 2 heterocycles. The lowest BCUT2D eigenvalue weighted by molar-refractivity contribution is -0.170. The van der Waals surface area contributed by atoms with Gasteiger partial charge in [0.1, 0.15) is 11.6 Å². The summed E-state index contributed by atoms with van der Waals surface area (Å²) in [5, 5.41) is 35.9. The molecule has 1 aromatic heterocycles. The largest absolute Gasteiger partial charge is 0.481 e. The predicted octanol–water partition coefficient (Wildman–Crippen LogP) is 2.81. The lowest BCUT2D eigenvalue weighted by Crippen LogP contribution is -2.42. The molecule has 10 nitrogen and oxygen atoms in total. The zero-order chi connectivity index (χ0) is 29.0. The standard InChI is InChI=1S/C20H26F2N2OS.C6H8O7/c1-16-5-12-26-20(16)15-24(7-2-6-23-8-10-25-11-9-23)14-17-3-4-18(21)13-19(17)22;7-3(8)1-6(13,5(11)12)2-4(9)10/h3-5,12-13H,2,6-11,14-15H2,1H3;13H,1-2H2,(H,7,8)(H,9,10)(H,11,12). The van der Waals surface area contributed by atoms with Gasteiger partial charge >= 0.3 is 17.9 Å². The first-order chi connectivity index (χ1) is 18.4. The first-order valence-electron chi connectivity index (χ1n) is 12.3. The van der Waals surface area contributed by atoms with Crippen LogP contribution >= 0.6 is 11.3 Å². The molecular formula is C26H34F2N2O8S. The van der Waals surface area contributed by atoms with Gasteiger partial charge in [0.15, 0.2) is 5.60 Å². The van der Waals surface area contributed by atoms with E-state index in [2.05, 4.69) is 28.2 Å². The fourth-order valence-electron chi connectivity index (χ4n) is 3.93. The highest BCUT2D eigenvalue weighted by Gasteiger charge is 2.40. The molecule has 1 fully saturated rings. The third-order valence-electron chi connectivity index (χ3n) is 6.08. The molecule has 1 saturated heterocycles. The van der Waals surface area contributed by atoms with Gasteiger partial charge in [-0.3, -0.25) is 19.4 Å². The first kappa shape index (κ1) is 32.2. The lowest BCUT2D eigenvalue weighted by Gasteiger charge is -2.28. The summed E-state index contributed by atoms with van der Waals surface area (Å²) in [5.41, 5.74) is -0.919. The molecule has 2 aromatic rings. The molecule has 13 heteroatoms. The summed E-state index contributed by atoms with van der Waals surface area (Å²) >= 11 is 1.73. The molecular weight excluding hydrogens is 538 g/mol. The minimum absolute atomic E-state index is 0.467.